The Balaban J connectivity index is -0.00000132. The van der Waals surface area contributed by atoms with E-state index in [0.29, 0.717) is 25.7 Å². The van der Waals surface area contributed by atoms with Crippen molar-refractivity contribution in [3.8, 4) is 0 Å². The summed E-state index contributed by atoms with van der Waals surface area (Å²) in [6.07, 6.45) is 61.3. The van der Waals surface area contributed by atoms with Crippen LogP contribution < -0.4 is 10.2 Å². The van der Waals surface area contributed by atoms with Crippen LogP contribution in [-0.4, -0.2) is 36.1 Å². The van der Waals surface area contributed by atoms with Crippen molar-refractivity contribution in [3.05, 3.63) is 0 Å². The van der Waals surface area contributed by atoms with E-state index < -0.39 is 11.9 Å². The molecule has 73 heavy (non-hydrogen) atoms. The van der Waals surface area contributed by atoms with E-state index in [1.54, 1.807) is 0 Å². The Morgan fingerprint density at radius 2 is 0.425 bits per heavy atom. The van der Waals surface area contributed by atoms with Crippen LogP contribution in [0.1, 0.15) is 374 Å². The minimum absolute atomic E-state index is 0. The molecule has 0 saturated carbocycles. The fourth-order valence-electron chi connectivity index (χ4n) is 9.88. The molecule has 0 fully saturated rings. The maximum atomic E-state index is 12.5. The third-order valence-corrected chi connectivity index (χ3v) is 14.6. The van der Waals surface area contributed by atoms with Gasteiger partial charge in [0.2, 0.25) is 0 Å². The summed E-state index contributed by atoms with van der Waals surface area (Å²) in [5.41, 5.74) is 0. The largest absolute Gasteiger partial charge is 2.00 e. The Hall–Kier alpha value is -1.50. The minimum Gasteiger partial charge on any atom is -0.550 e. The Bertz CT molecular complexity index is 1050. The predicted molar refractivity (Wildman–Crippen MR) is 302 cm³/mol. The topological polar surface area (TPSA) is 133 Å². The summed E-state index contributed by atoms with van der Waals surface area (Å²) in [4.78, 5) is 46.0. The molecule has 0 aromatic rings. The monoisotopic (exact) mass is 1080 g/mol. The molecule has 0 aliphatic rings. The Morgan fingerprint density at radius 1 is 0.260 bits per heavy atom. The zero-order valence-electron chi connectivity index (χ0n) is 49.3. The van der Waals surface area contributed by atoms with Crippen LogP contribution in [0.25, 0.3) is 0 Å². The van der Waals surface area contributed by atoms with Crippen LogP contribution in [-0.2, 0) is 48.1 Å². The zero-order chi connectivity index (χ0) is 53.1. The van der Waals surface area contributed by atoms with Crippen molar-refractivity contribution in [2.75, 3.05) is 0 Å². The summed E-state index contributed by atoms with van der Waals surface area (Å²) in [5.74, 6) is -1.96. The molecule has 8 nitrogen and oxygen atoms in total. The van der Waals surface area contributed by atoms with Gasteiger partial charge in [0, 0.05) is 24.8 Å². The third kappa shape index (κ3) is 66.6. The molecule has 9 heteroatoms. The summed E-state index contributed by atoms with van der Waals surface area (Å²) in [7, 11) is 0. The van der Waals surface area contributed by atoms with Crippen molar-refractivity contribution in [2.45, 2.75) is 387 Å². The standard InChI is InChI=1S/2C32H62O4.Zn/c2*1-3-5-7-9-11-13-14-15-17-19-25-29-32(35)36-30(27-23-20-21-24-28-31(33)34)26-22-18-16-12-10-8-6-4-2;/h2*30H,3-29H2,1-2H3,(H,33,34);/q;;+2/p-2. The van der Waals surface area contributed by atoms with E-state index in [1.165, 1.54) is 205 Å². The number of carbonyl (C=O) groups excluding carboxylic acids is 4. The van der Waals surface area contributed by atoms with Crippen LogP contribution in [0.5, 0.6) is 0 Å². The second-order valence-electron chi connectivity index (χ2n) is 22.0. The Kier molecular flexibility index (Phi) is 67.2. The molecule has 2 unspecified atom stereocenters. The van der Waals surface area contributed by atoms with Crippen molar-refractivity contribution in [1.29, 1.82) is 0 Å². The fraction of sp³-hybridized carbons (Fsp3) is 0.938. The maximum Gasteiger partial charge on any atom is 2.00 e. The molecular formula is C64H122O8Zn. The van der Waals surface area contributed by atoms with Crippen molar-refractivity contribution in [1.82, 2.24) is 0 Å². The molecular weight excluding hydrogens is 962 g/mol. The second-order valence-corrected chi connectivity index (χ2v) is 22.0. The van der Waals surface area contributed by atoms with Crippen molar-refractivity contribution in [3.63, 3.8) is 0 Å². The van der Waals surface area contributed by atoms with Crippen LogP contribution in [0, 0.1) is 0 Å². The van der Waals surface area contributed by atoms with Gasteiger partial charge in [0.15, 0.2) is 0 Å². The van der Waals surface area contributed by atoms with Crippen LogP contribution in [0.2, 0.25) is 0 Å². The molecule has 0 heterocycles. The second kappa shape index (κ2) is 64.8. The molecule has 0 amide bonds. The number of carboxylic acids is 2. The van der Waals surface area contributed by atoms with Crippen LogP contribution in [0.3, 0.4) is 0 Å². The smallest absolute Gasteiger partial charge is 0.550 e. The zero-order valence-corrected chi connectivity index (χ0v) is 52.3. The molecule has 0 rings (SSSR count). The number of esters is 2. The third-order valence-electron chi connectivity index (χ3n) is 14.6. The number of carbonyl (C=O) groups is 4. The fourth-order valence-corrected chi connectivity index (χ4v) is 9.88. The molecule has 0 saturated heterocycles. The number of ether oxygens (including phenoxy) is 2. The molecule has 0 aliphatic heterocycles. The Morgan fingerprint density at radius 3 is 0.616 bits per heavy atom. The quantitative estimate of drug-likeness (QED) is 0.0334. The van der Waals surface area contributed by atoms with Gasteiger partial charge in [0.1, 0.15) is 12.2 Å². The van der Waals surface area contributed by atoms with Gasteiger partial charge in [-0.05, 0) is 89.9 Å². The molecule has 0 aromatic carbocycles. The number of unbranched alkanes of at least 4 members (excludes halogenated alkanes) is 40. The first-order valence-electron chi connectivity index (χ1n) is 32.0. The maximum absolute atomic E-state index is 12.5. The molecule has 428 valence electrons. The van der Waals surface area contributed by atoms with Gasteiger partial charge in [0.05, 0.1) is 0 Å². The summed E-state index contributed by atoms with van der Waals surface area (Å²) < 4.78 is 11.8. The molecule has 0 aliphatic carbocycles. The average Bonchev–Trinajstić information content (AvgIpc) is 3.35. The average molecular weight is 1090 g/mol. The summed E-state index contributed by atoms with van der Waals surface area (Å²) in [5, 5.41) is 21.1. The van der Waals surface area contributed by atoms with Gasteiger partial charge < -0.3 is 29.3 Å². The van der Waals surface area contributed by atoms with Crippen molar-refractivity contribution in [2.24, 2.45) is 0 Å². The van der Waals surface area contributed by atoms with Gasteiger partial charge >= 0.3 is 31.4 Å². The van der Waals surface area contributed by atoms with Gasteiger partial charge in [-0.2, -0.15) is 0 Å². The molecule has 0 bridgehead atoms. The molecule has 0 radical (unpaired) electrons. The van der Waals surface area contributed by atoms with E-state index in [4.69, 9.17) is 9.47 Å². The van der Waals surface area contributed by atoms with Gasteiger partial charge in [0.25, 0.3) is 0 Å². The van der Waals surface area contributed by atoms with Crippen LogP contribution >= 0.6 is 0 Å². The molecule has 2 atom stereocenters. The van der Waals surface area contributed by atoms with E-state index in [0.717, 1.165) is 103 Å². The van der Waals surface area contributed by atoms with E-state index in [2.05, 4.69) is 27.7 Å². The van der Waals surface area contributed by atoms with E-state index in [1.807, 2.05) is 0 Å². The molecule has 0 spiro atoms. The summed E-state index contributed by atoms with van der Waals surface area (Å²) in [6, 6.07) is 0. The minimum atomic E-state index is -0.959. The van der Waals surface area contributed by atoms with Crippen molar-refractivity contribution < 1.29 is 58.3 Å². The number of aliphatic carboxylic acids is 2. The van der Waals surface area contributed by atoms with Gasteiger partial charge in [-0.25, -0.2) is 0 Å². The first-order valence-corrected chi connectivity index (χ1v) is 32.0. The normalized spacial score (nSPS) is 11.9. The van der Waals surface area contributed by atoms with Crippen molar-refractivity contribution >= 4 is 23.9 Å². The molecule has 0 N–H and O–H groups in total. The van der Waals surface area contributed by atoms with Crippen LogP contribution in [0.15, 0.2) is 0 Å². The number of rotatable bonds is 58. The first-order chi connectivity index (χ1) is 35.2. The van der Waals surface area contributed by atoms with E-state index in [-0.39, 0.29) is 56.5 Å². The van der Waals surface area contributed by atoms with E-state index >= 15 is 0 Å². The summed E-state index contributed by atoms with van der Waals surface area (Å²) >= 11 is 0. The SMILES string of the molecule is CCCCCCCCCCCCCC(=O)OC(CCCCCCCCCC)CCCCCCC(=O)[O-].CCCCCCCCCCCCCC(=O)OC(CCCCCCCCCC)CCCCCCC(=O)[O-].[Zn+2]. The van der Waals surface area contributed by atoms with Gasteiger partial charge in [-0.3, -0.25) is 9.59 Å². The van der Waals surface area contributed by atoms with E-state index in [9.17, 15) is 29.4 Å². The van der Waals surface area contributed by atoms with Gasteiger partial charge in [-0.15, -0.1) is 0 Å². The number of hydrogen-bond donors (Lipinski definition) is 0. The Labute approximate surface area is 466 Å². The summed E-state index contributed by atoms with van der Waals surface area (Å²) in [6.45, 7) is 9.03. The predicted octanol–water partition coefficient (Wildman–Crippen LogP) is 18.4. The van der Waals surface area contributed by atoms with Crippen LogP contribution in [0.4, 0.5) is 0 Å². The number of hydrogen-bond acceptors (Lipinski definition) is 8. The molecule has 0 aromatic heterocycles. The van der Waals surface area contributed by atoms with Gasteiger partial charge in [-0.1, -0.05) is 272 Å². The number of carboxylic acid groups (broad SMARTS) is 2. The first kappa shape index (κ1) is 75.7.